The molecule has 0 spiro atoms. The van der Waals surface area contributed by atoms with Crippen molar-refractivity contribution in [2.24, 2.45) is 0 Å². The topological polar surface area (TPSA) is 90.4 Å². The summed E-state index contributed by atoms with van der Waals surface area (Å²) in [4.78, 5) is 4.42. The van der Waals surface area contributed by atoms with Crippen LogP contribution in [0, 0.1) is 11.3 Å². The summed E-state index contributed by atoms with van der Waals surface area (Å²) in [5, 5.41) is 9.57. The maximum absolute atomic E-state index is 9.57. The first-order valence-electron chi connectivity index (χ1n) is 8.29. The molecular formula is C21H18BrN3O3. The quantitative estimate of drug-likeness (QED) is 0.621. The van der Waals surface area contributed by atoms with Gasteiger partial charge in [-0.2, -0.15) is 5.26 Å². The van der Waals surface area contributed by atoms with Crippen molar-refractivity contribution in [3.8, 4) is 45.7 Å². The molecule has 0 saturated carbocycles. The van der Waals surface area contributed by atoms with Crippen molar-refractivity contribution in [3.05, 3.63) is 52.5 Å². The van der Waals surface area contributed by atoms with Gasteiger partial charge in [-0.15, -0.1) is 0 Å². The minimum absolute atomic E-state index is 0.159. The number of halogens is 1. The molecule has 3 aromatic rings. The van der Waals surface area contributed by atoms with Gasteiger partial charge in [0.25, 0.3) is 0 Å². The van der Waals surface area contributed by atoms with E-state index in [0.717, 1.165) is 15.6 Å². The van der Waals surface area contributed by atoms with Crippen LogP contribution < -0.4 is 19.9 Å². The van der Waals surface area contributed by atoms with E-state index in [-0.39, 0.29) is 5.82 Å². The van der Waals surface area contributed by atoms with Gasteiger partial charge in [-0.05, 0) is 35.9 Å². The van der Waals surface area contributed by atoms with Crippen molar-refractivity contribution in [2.75, 3.05) is 27.1 Å². The van der Waals surface area contributed by atoms with Crippen LogP contribution in [0.25, 0.3) is 22.4 Å². The van der Waals surface area contributed by atoms with Crippen LogP contribution in [0.4, 0.5) is 5.82 Å². The Bertz CT molecular complexity index is 1030. The van der Waals surface area contributed by atoms with E-state index >= 15 is 0 Å². The third-order valence-corrected chi connectivity index (χ3v) is 4.80. The van der Waals surface area contributed by atoms with E-state index in [1.165, 1.54) is 0 Å². The summed E-state index contributed by atoms with van der Waals surface area (Å²) in [5.74, 6) is 1.66. The van der Waals surface area contributed by atoms with E-state index in [1.54, 1.807) is 33.5 Å². The molecule has 0 aliphatic heterocycles. The summed E-state index contributed by atoms with van der Waals surface area (Å²) in [6.45, 7) is 0. The van der Waals surface area contributed by atoms with Crippen LogP contribution in [0.2, 0.25) is 0 Å². The smallest absolute Gasteiger partial charge is 0.203 e. The first-order chi connectivity index (χ1) is 13.5. The zero-order valence-electron chi connectivity index (χ0n) is 15.6. The van der Waals surface area contributed by atoms with Gasteiger partial charge in [-0.3, -0.25) is 0 Å². The van der Waals surface area contributed by atoms with E-state index < -0.39 is 0 Å². The molecule has 0 amide bonds. The number of nitrogens with two attached hydrogens (primary N) is 1. The van der Waals surface area contributed by atoms with Gasteiger partial charge in [0.05, 0.1) is 27.0 Å². The number of nitrogens with zero attached hydrogens (tertiary/aromatic N) is 2. The summed E-state index contributed by atoms with van der Waals surface area (Å²) in [5.41, 5.74) is 9.32. The van der Waals surface area contributed by atoms with Crippen molar-refractivity contribution in [2.45, 2.75) is 0 Å². The molecule has 142 valence electrons. The van der Waals surface area contributed by atoms with Crippen molar-refractivity contribution >= 4 is 21.7 Å². The molecule has 0 aliphatic carbocycles. The summed E-state index contributed by atoms with van der Waals surface area (Å²) < 4.78 is 17.2. The minimum Gasteiger partial charge on any atom is -0.493 e. The van der Waals surface area contributed by atoms with E-state index in [2.05, 4.69) is 27.0 Å². The minimum atomic E-state index is 0.159. The number of hydrogen-bond acceptors (Lipinski definition) is 6. The summed E-state index contributed by atoms with van der Waals surface area (Å²) in [7, 11) is 4.65. The second-order valence-corrected chi connectivity index (χ2v) is 6.76. The number of pyridine rings is 1. The Morgan fingerprint density at radius 3 is 2.04 bits per heavy atom. The molecular weight excluding hydrogens is 422 g/mol. The molecule has 28 heavy (non-hydrogen) atoms. The van der Waals surface area contributed by atoms with E-state index in [9.17, 15) is 5.26 Å². The van der Waals surface area contributed by atoms with Gasteiger partial charge in [0.1, 0.15) is 17.5 Å². The Hall–Kier alpha value is -3.24. The van der Waals surface area contributed by atoms with Crippen LogP contribution in [0.15, 0.2) is 46.9 Å². The van der Waals surface area contributed by atoms with Gasteiger partial charge >= 0.3 is 0 Å². The molecule has 0 atom stereocenters. The van der Waals surface area contributed by atoms with Crippen LogP contribution in [0.5, 0.6) is 17.2 Å². The fourth-order valence-corrected chi connectivity index (χ4v) is 3.18. The highest BCUT2D eigenvalue weighted by Gasteiger charge is 2.18. The average molecular weight is 440 g/mol. The number of rotatable bonds is 5. The SMILES string of the molecule is COc1cc(-c2cc(-c3ccc(Br)cc3)c(C#N)c(N)n2)cc(OC)c1OC. The first kappa shape index (κ1) is 19.5. The predicted molar refractivity (Wildman–Crippen MR) is 112 cm³/mol. The Kier molecular flexibility index (Phi) is 5.71. The number of nitriles is 1. The number of aromatic nitrogens is 1. The molecule has 0 unspecified atom stereocenters. The normalized spacial score (nSPS) is 10.2. The fraction of sp³-hybridized carbons (Fsp3) is 0.143. The molecule has 3 rings (SSSR count). The maximum atomic E-state index is 9.57. The third kappa shape index (κ3) is 3.59. The predicted octanol–water partition coefficient (Wildman–Crippen LogP) is 4.66. The number of benzene rings is 2. The van der Waals surface area contributed by atoms with Gasteiger partial charge < -0.3 is 19.9 Å². The number of hydrogen-bond donors (Lipinski definition) is 1. The van der Waals surface area contributed by atoms with Gasteiger partial charge in [-0.1, -0.05) is 28.1 Å². The monoisotopic (exact) mass is 439 g/mol. The first-order valence-corrected chi connectivity index (χ1v) is 9.08. The maximum Gasteiger partial charge on any atom is 0.203 e. The molecule has 2 N–H and O–H groups in total. The highest BCUT2D eigenvalue weighted by atomic mass is 79.9. The number of ether oxygens (including phenoxy) is 3. The van der Waals surface area contributed by atoms with Crippen LogP contribution in [0.1, 0.15) is 5.56 Å². The van der Waals surface area contributed by atoms with Crippen molar-refractivity contribution < 1.29 is 14.2 Å². The van der Waals surface area contributed by atoms with E-state index in [0.29, 0.717) is 34.1 Å². The van der Waals surface area contributed by atoms with Crippen LogP contribution in [-0.4, -0.2) is 26.3 Å². The summed E-state index contributed by atoms with van der Waals surface area (Å²) >= 11 is 3.42. The molecule has 1 heterocycles. The zero-order valence-corrected chi connectivity index (χ0v) is 17.2. The van der Waals surface area contributed by atoms with E-state index in [4.69, 9.17) is 19.9 Å². The lowest BCUT2D eigenvalue weighted by molar-refractivity contribution is 0.324. The molecule has 6 nitrogen and oxygen atoms in total. The van der Waals surface area contributed by atoms with Gasteiger partial charge in [0.15, 0.2) is 11.5 Å². The molecule has 0 fully saturated rings. The second kappa shape index (κ2) is 8.19. The summed E-state index contributed by atoms with van der Waals surface area (Å²) in [6.07, 6.45) is 0. The lowest BCUT2D eigenvalue weighted by Crippen LogP contribution is -2.01. The van der Waals surface area contributed by atoms with Gasteiger partial charge in [0.2, 0.25) is 5.75 Å². The Labute approximate surface area is 171 Å². The molecule has 0 aliphatic rings. The van der Waals surface area contributed by atoms with Crippen molar-refractivity contribution in [3.63, 3.8) is 0 Å². The van der Waals surface area contributed by atoms with E-state index in [1.807, 2.05) is 30.3 Å². The molecule has 1 aromatic heterocycles. The fourth-order valence-electron chi connectivity index (χ4n) is 2.92. The lowest BCUT2D eigenvalue weighted by atomic mass is 9.98. The zero-order chi connectivity index (χ0) is 20.3. The molecule has 7 heteroatoms. The highest BCUT2D eigenvalue weighted by molar-refractivity contribution is 9.10. The molecule has 0 saturated heterocycles. The van der Waals surface area contributed by atoms with Crippen molar-refractivity contribution in [1.29, 1.82) is 5.26 Å². The Balaban J connectivity index is 2.24. The number of anilines is 1. The third-order valence-electron chi connectivity index (χ3n) is 4.27. The van der Waals surface area contributed by atoms with Crippen LogP contribution in [0.3, 0.4) is 0 Å². The van der Waals surface area contributed by atoms with Gasteiger partial charge in [-0.25, -0.2) is 4.98 Å². The number of nitrogen functional groups attached to an aromatic ring is 1. The Morgan fingerprint density at radius 2 is 1.54 bits per heavy atom. The largest absolute Gasteiger partial charge is 0.493 e. The Morgan fingerprint density at radius 1 is 0.929 bits per heavy atom. The lowest BCUT2D eigenvalue weighted by Gasteiger charge is -2.15. The van der Waals surface area contributed by atoms with Crippen LogP contribution in [-0.2, 0) is 0 Å². The highest BCUT2D eigenvalue weighted by Crippen LogP contribution is 2.42. The molecule has 0 bridgehead atoms. The summed E-state index contributed by atoms with van der Waals surface area (Å²) in [6, 6.07) is 15.2. The molecule has 2 aromatic carbocycles. The second-order valence-electron chi connectivity index (χ2n) is 5.85. The van der Waals surface area contributed by atoms with Crippen LogP contribution >= 0.6 is 15.9 Å². The standard InChI is InChI=1S/C21H18BrN3O3/c1-26-18-8-13(9-19(27-2)20(18)28-3)17-10-15(16(11-23)21(24)25-17)12-4-6-14(22)7-5-12/h4-10H,1-3H3,(H2,24,25). The van der Waals surface area contributed by atoms with Crippen molar-refractivity contribution in [1.82, 2.24) is 4.98 Å². The number of methoxy groups -OCH3 is 3. The molecule has 0 radical (unpaired) electrons. The average Bonchev–Trinajstić information content (AvgIpc) is 2.72. The van der Waals surface area contributed by atoms with Gasteiger partial charge in [0, 0.05) is 15.6 Å².